The van der Waals surface area contributed by atoms with E-state index in [4.69, 9.17) is 4.74 Å². The summed E-state index contributed by atoms with van der Waals surface area (Å²) in [6, 6.07) is 13.9. The molecule has 138 valence electrons. The van der Waals surface area contributed by atoms with Crippen molar-refractivity contribution >= 4 is 27.7 Å². The average Bonchev–Trinajstić information content (AvgIpc) is 2.59. The van der Waals surface area contributed by atoms with E-state index >= 15 is 0 Å². The fraction of sp³-hybridized carbons (Fsp3) is 0.211. The predicted molar refractivity (Wildman–Crippen MR) is 103 cm³/mol. The number of sulfonamides is 1. The number of methoxy groups -OCH3 is 1. The van der Waals surface area contributed by atoms with Gasteiger partial charge in [0.15, 0.2) is 0 Å². The van der Waals surface area contributed by atoms with E-state index in [1.54, 1.807) is 44.4 Å². The molecule has 1 atom stereocenters. The molecule has 0 heterocycles. The largest absolute Gasteiger partial charge is 0.497 e. The third-order valence-corrected chi connectivity index (χ3v) is 4.19. The van der Waals surface area contributed by atoms with Crippen molar-refractivity contribution < 1.29 is 17.9 Å². The average molecular weight is 374 g/mol. The van der Waals surface area contributed by atoms with E-state index in [0.717, 1.165) is 11.8 Å². The number of para-hydroxylation sites is 1. The zero-order valence-electron chi connectivity index (χ0n) is 14.9. The van der Waals surface area contributed by atoms with Crippen LogP contribution in [0.2, 0.25) is 0 Å². The molecule has 0 saturated carbocycles. The summed E-state index contributed by atoms with van der Waals surface area (Å²) in [6.07, 6.45) is 4.20. The summed E-state index contributed by atoms with van der Waals surface area (Å²) in [6.45, 7) is 1.79. The van der Waals surface area contributed by atoms with E-state index in [-0.39, 0.29) is 11.9 Å². The fourth-order valence-corrected chi connectivity index (χ4v) is 3.01. The molecular formula is C19H22N2O4S. The van der Waals surface area contributed by atoms with Gasteiger partial charge in [-0.25, -0.2) is 8.42 Å². The second-order valence-electron chi connectivity index (χ2n) is 5.80. The van der Waals surface area contributed by atoms with E-state index < -0.39 is 10.0 Å². The van der Waals surface area contributed by atoms with Gasteiger partial charge in [-0.2, -0.15) is 0 Å². The van der Waals surface area contributed by atoms with Crippen molar-refractivity contribution in [1.82, 2.24) is 5.32 Å². The van der Waals surface area contributed by atoms with Crippen LogP contribution in [0.3, 0.4) is 0 Å². The number of amides is 1. The summed E-state index contributed by atoms with van der Waals surface area (Å²) in [4.78, 5) is 12.2. The van der Waals surface area contributed by atoms with Gasteiger partial charge in [0, 0.05) is 6.08 Å². The Morgan fingerprint density at radius 2 is 1.88 bits per heavy atom. The van der Waals surface area contributed by atoms with Crippen molar-refractivity contribution in [1.29, 1.82) is 0 Å². The number of hydrogen-bond donors (Lipinski definition) is 2. The van der Waals surface area contributed by atoms with Gasteiger partial charge in [0.1, 0.15) is 5.75 Å². The second kappa shape index (κ2) is 8.53. The highest BCUT2D eigenvalue weighted by Gasteiger charge is 2.14. The van der Waals surface area contributed by atoms with Crippen molar-refractivity contribution in [3.8, 4) is 5.75 Å². The summed E-state index contributed by atoms with van der Waals surface area (Å²) in [5.74, 6) is 0.427. The lowest BCUT2D eigenvalue weighted by molar-refractivity contribution is -0.117. The molecule has 0 bridgehead atoms. The van der Waals surface area contributed by atoms with Crippen molar-refractivity contribution in [2.45, 2.75) is 13.0 Å². The van der Waals surface area contributed by atoms with Crippen LogP contribution in [0.25, 0.3) is 6.08 Å². The van der Waals surface area contributed by atoms with Crippen molar-refractivity contribution in [3.05, 3.63) is 65.7 Å². The van der Waals surface area contributed by atoms with Gasteiger partial charge in [-0.1, -0.05) is 30.3 Å². The van der Waals surface area contributed by atoms with Gasteiger partial charge in [0.25, 0.3) is 0 Å². The van der Waals surface area contributed by atoms with Crippen LogP contribution < -0.4 is 14.8 Å². The quantitative estimate of drug-likeness (QED) is 0.730. The molecule has 0 saturated heterocycles. The Hall–Kier alpha value is -2.80. The number of carbonyl (C=O) groups excluding carboxylic acids is 1. The topological polar surface area (TPSA) is 84.5 Å². The van der Waals surface area contributed by atoms with E-state index in [9.17, 15) is 13.2 Å². The van der Waals surface area contributed by atoms with Crippen molar-refractivity contribution in [2.75, 3.05) is 18.1 Å². The Kier molecular flexibility index (Phi) is 6.41. The lowest BCUT2D eigenvalue weighted by atomic mass is 10.1. The monoisotopic (exact) mass is 374 g/mol. The molecule has 0 radical (unpaired) electrons. The van der Waals surface area contributed by atoms with Crippen LogP contribution in [0.5, 0.6) is 5.75 Å². The van der Waals surface area contributed by atoms with Gasteiger partial charge in [-0.05, 0) is 42.3 Å². The molecule has 1 unspecified atom stereocenters. The fourth-order valence-electron chi connectivity index (χ4n) is 2.42. The molecule has 0 aliphatic heterocycles. The number of anilines is 1. The molecule has 7 heteroatoms. The maximum Gasteiger partial charge on any atom is 0.244 e. The van der Waals surface area contributed by atoms with Crippen molar-refractivity contribution in [2.24, 2.45) is 0 Å². The SMILES string of the molecule is COc1cccc(/C=C/C(=O)NC(C)c2ccccc2NS(C)(=O)=O)c1. The number of hydrogen-bond acceptors (Lipinski definition) is 4. The minimum absolute atomic E-state index is 0.283. The van der Waals surface area contributed by atoms with Crippen LogP contribution in [0.4, 0.5) is 5.69 Å². The summed E-state index contributed by atoms with van der Waals surface area (Å²) < 4.78 is 30.6. The number of carbonyl (C=O) groups is 1. The lowest BCUT2D eigenvalue weighted by Gasteiger charge is -2.17. The molecule has 0 aliphatic carbocycles. The molecule has 2 aromatic rings. The molecule has 0 aliphatic rings. The number of nitrogens with one attached hydrogen (secondary N) is 2. The maximum absolute atomic E-state index is 12.2. The highest BCUT2D eigenvalue weighted by molar-refractivity contribution is 7.92. The standard InChI is InChI=1S/C19H22N2O4S/c1-14(17-9-4-5-10-18(17)21-26(3,23)24)20-19(22)12-11-15-7-6-8-16(13-15)25-2/h4-14,21H,1-3H3,(H,20,22)/b12-11+. The third kappa shape index (κ3) is 5.93. The summed E-state index contributed by atoms with van der Waals surface area (Å²) in [5, 5.41) is 2.83. The normalized spacial score (nSPS) is 12.6. The van der Waals surface area contributed by atoms with Gasteiger partial charge >= 0.3 is 0 Å². The Bertz CT molecular complexity index is 907. The molecule has 1 amide bonds. The maximum atomic E-state index is 12.2. The van der Waals surface area contributed by atoms with Crippen LogP contribution >= 0.6 is 0 Å². The molecule has 2 rings (SSSR count). The van der Waals surface area contributed by atoms with Gasteiger partial charge in [-0.15, -0.1) is 0 Å². The zero-order chi connectivity index (χ0) is 19.2. The molecule has 2 aromatic carbocycles. The molecule has 2 N–H and O–H groups in total. The van der Waals surface area contributed by atoms with Gasteiger partial charge < -0.3 is 10.1 Å². The van der Waals surface area contributed by atoms with E-state index in [1.165, 1.54) is 6.08 Å². The number of ether oxygens (including phenoxy) is 1. The molecule has 0 spiro atoms. The summed E-state index contributed by atoms with van der Waals surface area (Å²) >= 11 is 0. The summed E-state index contributed by atoms with van der Waals surface area (Å²) in [7, 11) is -1.82. The summed E-state index contributed by atoms with van der Waals surface area (Å²) in [5.41, 5.74) is 1.96. The van der Waals surface area contributed by atoms with Crippen LogP contribution in [-0.4, -0.2) is 27.7 Å². The van der Waals surface area contributed by atoms with Crippen LogP contribution in [0, 0.1) is 0 Å². The Morgan fingerprint density at radius 3 is 2.58 bits per heavy atom. The predicted octanol–water partition coefficient (Wildman–Crippen LogP) is 2.96. The van der Waals surface area contributed by atoms with Crippen LogP contribution in [-0.2, 0) is 14.8 Å². The van der Waals surface area contributed by atoms with E-state index in [0.29, 0.717) is 17.0 Å². The Balaban J connectivity index is 2.08. The third-order valence-electron chi connectivity index (χ3n) is 3.60. The molecule has 6 nitrogen and oxygen atoms in total. The Morgan fingerprint density at radius 1 is 1.15 bits per heavy atom. The minimum Gasteiger partial charge on any atom is -0.497 e. The lowest BCUT2D eigenvalue weighted by Crippen LogP contribution is -2.25. The van der Waals surface area contributed by atoms with E-state index in [2.05, 4.69) is 10.0 Å². The number of rotatable bonds is 7. The van der Waals surface area contributed by atoms with Crippen molar-refractivity contribution in [3.63, 3.8) is 0 Å². The van der Waals surface area contributed by atoms with Crippen LogP contribution in [0.15, 0.2) is 54.6 Å². The van der Waals surface area contributed by atoms with Gasteiger partial charge in [-0.3, -0.25) is 9.52 Å². The molecule has 0 aromatic heterocycles. The number of benzene rings is 2. The van der Waals surface area contributed by atoms with E-state index in [1.807, 2.05) is 24.3 Å². The van der Waals surface area contributed by atoms with Gasteiger partial charge in [0.05, 0.1) is 25.1 Å². The van der Waals surface area contributed by atoms with Crippen LogP contribution in [0.1, 0.15) is 24.1 Å². The first-order chi connectivity index (χ1) is 12.3. The highest BCUT2D eigenvalue weighted by atomic mass is 32.2. The minimum atomic E-state index is -3.40. The highest BCUT2D eigenvalue weighted by Crippen LogP contribution is 2.23. The molecule has 0 fully saturated rings. The van der Waals surface area contributed by atoms with Gasteiger partial charge in [0.2, 0.25) is 15.9 Å². The zero-order valence-corrected chi connectivity index (χ0v) is 15.7. The Labute approximate surface area is 153 Å². The molecule has 26 heavy (non-hydrogen) atoms. The first kappa shape index (κ1) is 19.5. The smallest absolute Gasteiger partial charge is 0.244 e. The second-order valence-corrected chi connectivity index (χ2v) is 7.55. The first-order valence-corrected chi connectivity index (χ1v) is 9.87. The molecular weight excluding hydrogens is 352 g/mol. The first-order valence-electron chi connectivity index (χ1n) is 7.98.